The number of rotatable bonds is 1. The molecule has 0 amide bonds. The Kier molecular flexibility index (Phi) is 2.02. The van der Waals surface area contributed by atoms with Crippen molar-refractivity contribution in [2.45, 2.75) is 13.0 Å². The molecule has 1 N–H and O–H groups in total. The molecule has 1 atom stereocenters. The van der Waals surface area contributed by atoms with Gasteiger partial charge in [-0.05, 0) is 19.1 Å². The first kappa shape index (κ1) is 8.26. The van der Waals surface area contributed by atoms with Crippen LogP contribution in [0.25, 0.3) is 0 Å². The Morgan fingerprint density at radius 3 is 2.77 bits per heavy atom. The summed E-state index contributed by atoms with van der Waals surface area (Å²) in [5.41, 5.74) is 4.16. The molecule has 1 aromatic carbocycles. The van der Waals surface area contributed by atoms with Crippen molar-refractivity contribution in [3.8, 4) is 0 Å². The van der Waals surface area contributed by atoms with Gasteiger partial charge >= 0.3 is 0 Å². The van der Waals surface area contributed by atoms with Crippen LogP contribution >= 0.6 is 0 Å². The zero-order valence-corrected chi connectivity index (χ0v) is 7.25. The topological polar surface area (TPSA) is 21.3 Å². The van der Waals surface area contributed by atoms with Gasteiger partial charge in [0.15, 0.2) is 0 Å². The summed E-state index contributed by atoms with van der Waals surface area (Å²) in [6, 6.07) is 6.61. The van der Waals surface area contributed by atoms with Crippen LogP contribution < -0.4 is 5.48 Å². The van der Waals surface area contributed by atoms with Crippen LogP contribution in [0.3, 0.4) is 0 Å². The van der Waals surface area contributed by atoms with Crippen LogP contribution in [0.4, 0.5) is 4.39 Å². The number of benzene rings is 1. The molecule has 0 saturated heterocycles. The van der Waals surface area contributed by atoms with E-state index >= 15 is 0 Å². The van der Waals surface area contributed by atoms with E-state index < -0.39 is 0 Å². The summed E-state index contributed by atoms with van der Waals surface area (Å²) < 4.78 is 13.2. The van der Waals surface area contributed by atoms with Crippen molar-refractivity contribution in [2.75, 3.05) is 0 Å². The van der Waals surface area contributed by atoms with Gasteiger partial charge in [0.25, 0.3) is 0 Å². The highest BCUT2D eigenvalue weighted by Crippen LogP contribution is 2.25. The first-order valence-electron chi connectivity index (χ1n) is 4.12. The summed E-state index contributed by atoms with van der Waals surface area (Å²) >= 11 is 0. The van der Waals surface area contributed by atoms with Crippen LogP contribution in [0.15, 0.2) is 36.0 Å². The van der Waals surface area contributed by atoms with Crippen molar-refractivity contribution < 1.29 is 9.23 Å². The Balaban J connectivity index is 2.31. The molecule has 0 radical (unpaired) electrons. The maximum Gasteiger partial charge on any atom is 0.133 e. The smallest absolute Gasteiger partial charge is 0.133 e. The minimum Gasteiger partial charge on any atom is -0.271 e. The maximum atomic E-state index is 13.2. The van der Waals surface area contributed by atoms with E-state index in [9.17, 15) is 4.39 Å². The molecule has 0 aliphatic carbocycles. The van der Waals surface area contributed by atoms with Crippen LogP contribution in [0.5, 0.6) is 0 Å². The zero-order valence-electron chi connectivity index (χ0n) is 7.25. The van der Waals surface area contributed by atoms with Gasteiger partial charge in [-0.3, -0.25) is 10.3 Å². The Labute approximate surface area is 76.0 Å². The van der Waals surface area contributed by atoms with Crippen LogP contribution in [0, 0.1) is 5.82 Å². The Morgan fingerprint density at radius 1 is 1.38 bits per heavy atom. The molecule has 68 valence electrons. The third-order valence-electron chi connectivity index (χ3n) is 1.96. The molecule has 1 aliphatic heterocycles. The number of hydrogen-bond donors (Lipinski definition) is 1. The van der Waals surface area contributed by atoms with Crippen LogP contribution in [-0.2, 0) is 4.84 Å². The van der Waals surface area contributed by atoms with E-state index in [0.717, 1.165) is 5.70 Å². The Hall–Kier alpha value is -1.35. The van der Waals surface area contributed by atoms with Crippen molar-refractivity contribution in [1.29, 1.82) is 0 Å². The zero-order chi connectivity index (χ0) is 9.26. The lowest BCUT2D eigenvalue weighted by Gasteiger charge is -2.07. The first-order chi connectivity index (χ1) is 6.27. The second-order valence-corrected chi connectivity index (χ2v) is 3.01. The van der Waals surface area contributed by atoms with E-state index in [1.807, 2.05) is 13.0 Å². The fraction of sp³-hybridized carbons (Fsp3) is 0.200. The minimum absolute atomic E-state index is 0.236. The Bertz CT molecular complexity index is 349. The molecule has 1 aromatic rings. The molecule has 0 aromatic heterocycles. The van der Waals surface area contributed by atoms with Crippen LogP contribution in [-0.4, -0.2) is 0 Å². The lowest BCUT2D eigenvalue weighted by Crippen LogP contribution is -2.07. The molecule has 0 fully saturated rings. The molecule has 3 heteroatoms. The monoisotopic (exact) mass is 179 g/mol. The van der Waals surface area contributed by atoms with Crippen LogP contribution in [0.2, 0.25) is 0 Å². The fourth-order valence-electron chi connectivity index (χ4n) is 1.31. The molecule has 2 rings (SSSR count). The molecule has 0 saturated carbocycles. The summed E-state index contributed by atoms with van der Waals surface area (Å²) in [5, 5.41) is 0. The summed E-state index contributed by atoms with van der Waals surface area (Å²) in [5.74, 6) is -0.236. The Morgan fingerprint density at radius 2 is 2.15 bits per heavy atom. The van der Waals surface area contributed by atoms with Gasteiger partial charge in [-0.15, -0.1) is 0 Å². The lowest BCUT2D eigenvalue weighted by molar-refractivity contribution is 0.0402. The molecule has 1 heterocycles. The second-order valence-electron chi connectivity index (χ2n) is 3.01. The molecule has 1 unspecified atom stereocenters. The van der Waals surface area contributed by atoms with Gasteiger partial charge in [0.2, 0.25) is 0 Å². The molecule has 2 nitrogen and oxygen atoms in total. The van der Waals surface area contributed by atoms with E-state index in [1.54, 1.807) is 18.2 Å². The third kappa shape index (κ3) is 1.55. The SMILES string of the molecule is CC1=CC(c2ccccc2F)ON1. The normalized spacial score (nSPS) is 21.1. The number of nitrogens with one attached hydrogen (secondary N) is 1. The highest BCUT2D eigenvalue weighted by Gasteiger charge is 2.18. The summed E-state index contributed by atoms with van der Waals surface area (Å²) in [7, 11) is 0. The number of halogens is 1. The van der Waals surface area contributed by atoms with Gasteiger partial charge in [0.05, 0.1) is 0 Å². The summed E-state index contributed by atoms with van der Waals surface area (Å²) in [4.78, 5) is 5.15. The largest absolute Gasteiger partial charge is 0.271 e. The van der Waals surface area contributed by atoms with Gasteiger partial charge in [-0.2, -0.15) is 0 Å². The standard InChI is InChI=1S/C10H10FNO/c1-7-6-10(13-12-7)8-4-2-3-5-9(8)11/h2-6,10,12H,1H3. The van der Waals surface area contributed by atoms with Crippen molar-refractivity contribution in [2.24, 2.45) is 0 Å². The van der Waals surface area contributed by atoms with E-state index in [-0.39, 0.29) is 11.9 Å². The highest BCUT2D eigenvalue weighted by atomic mass is 19.1. The molecule has 0 bridgehead atoms. The molecule has 1 aliphatic rings. The number of allylic oxidation sites excluding steroid dienone is 1. The first-order valence-corrected chi connectivity index (χ1v) is 4.12. The minimum atomic E-state index is -0.304. The van der Waals surface area contributed by atoms with Crippen LogP contribution in [0.1, 0.15) is 18.6 Å². The van der Waals surface area contributed by atoms with Crippen molar-refractivity contribution in [3.63, 3.8) is 0 Å². The molecular weight excluding hydrogens is 169 g/mol. The van der Waals surface area contributed by atoms with Crippen molar-refractivity contribution >= 4 is 0 Å². The van der Waals surface area contributed by atoms with Gasteiger partial charge in [0.1, 0.15) is 11.9 Å². The second kappa shape index (κ2) is 3.18. The quantitative estimate of drug-likeness (QED) is 0.714. The molecular formula is C10H10FNO. The predicted molar refractivity (Wildman–Crippen MR) is 47.1 cm³/mol. The van der Waals surface area contributed by atoms with E-state index in [1.165, 1.54) is 6.07 Å². The van der Waals surface area contributed by atoms with E-state index in [2.05, 4.69) is 5.48 Å². The predicted octanol–water partition coefficient (Wildman–Crippen LogP) is 2.31. The number of hydrogen-bond acceptors (Lipinski definition) is 2. The fourth-order valence-corrected chi connectivity index (χ4v) is 1.31. The third-order valence-corrected chi connectivity index (χ3v) is 1.96. The maximum absolute atomic E-state index is 13.2. The van der Waals surface area contributed by atoms with Gasteiger partial charge in [-0.1, -0.05) is 18.2 Å². The van der Waals surface area contributed by atoms with Crippen molar-refractivity contribution in [1.82, 2.24) is 5.48 Å². The average molecular weight is 179 g/mol. The highest BCUT2D eigenvalue weighted by molar-refractivity contribution is 5.25. The average Bonchev–Trinajstić information content (AvgIpc) is 2.53. The number of hydroxylamine groups is 1. The van der Waals surface area contributed by atoms with E-state index in [0.29, 0.717) is 5.56 Å². The summed E-state index contributed by atoms with van der Waals surface area (Å²) in [6.45, 7) is 1.88. The van der Waals surface area contributed by atoms with Gasteiger partial charge in [0, 0.05) is 11.3 Å². The molecule has 0 spiro atoms. The van der Waals surface area contributed by atoms with E-state index in [4.69, 9.17) is 4.84 Å². The van der Waals surface area contributed by atoms with Crippen molar-refractivity contribution in [3.05, 3.63) is 47.4 Å². The lowest BCUT2D eigenvalue weighted by atomic mass is 10.1. The van der Waals surface area contributed by atoms with Gasteiger partial charge in [-0.25, -0.2) is 4.39 Å². The molecule has 13 heavy (non-hydrogen) atoms. The summed E-state index contributed by atoms with van der Waals surface area (Å²) in [6.07, 6.45) is 1.54. The van der Waals surface area contributed by atoms with Gasteiger partial charge < -0.3 is 0 Å².